The van der Waals surface area contributed by atoms with Gasteiger partial charge in [-0.1, -0.05) is 6.42 Å². The Labute approximate surface area is 93.4 Å². The number of hydrogen-bond acceptors (Lipinski definition) is 3. The molecule has 0 amide bonds. The fourth-order valence-electron chi connectivity index (χ4n) is 1.67. The van der Waals surface area contributed by atoms with Crippen molar-refractivity contribution in [1.82, 2.24) is 0 Å². The summed E-state index contributed by atoms with van der Waals surface area (Å²) in [7, 11) is 0. The number of halogens is 1. The molecule has 0 spiro atoms. The molecule has 0 bridgehead atoms. The van der Waals surface area contributed by atoms with Crippen LogP contribution in [0, 0.1) is 11.7 Å². The van der Waals surface area contributed by atoms with Crippen LogP contribution in [0.5, 0.6) is 0 Å². The fraction of sp³-hybridized carbons (Fsp3) is 0.417. The van der Waals surface area contributed by atoms with Crippen LogP contribution >= 0.6 is 0 Å². The lowest BCUT2D eigenvalue weighted by molar-refractivity contribution is 0.0371. The van der Waals surface area contributed by atoms with Gasteiger partial charge in [0, 0.05) is 5.69 Å². The maximum atomic E-state index is 13.0. The first-order valence-corrected chi connectivity index (χ1v) is 5.38. The van der Waals surface area contributed by atoms with Gasteiger partial charge in [0.1, 0.15) is 5.82 Å². The van der Waals surface area contributed by atoms with Crippen molar-refractivity contribution >= 4 is 11.7 Å². The third-order valence-corrected chi connectivity index (χ3v) is 2.83. The lowest BCUT2D eigenvalue weighted by Gasteiger charge is -2.24. The second-order valence-electron chi connectivity index (χ2n) is 4.17. The van der Waals surface area contributed by atoms with E-state index in [-0.39, 0.29) is 11.3 Å². The quantitative estimate of drug-likeness (QED) is 0.632. The normalized spacial score (nSPS) is 15.6. The van der Waals surface area contributed by atoms with Crippen LogP contribution in [0.25, 0.3) is 0 Å². The van der Waals surface area contributed by atoms with E-state index >= 15 is 0 Å². The Hall–Kier alpha value is -1.58. The monoisotopic (exact) mass is 223 g/mol. The third-order valence-electron chi connectivity index (χ3n) is 2.83. The first-order valence-electron chi connectivity index (χ1n) is 5.38. The van der Waals surface area contributed by atoms with Crippen molar-refractivity contribution in [1.29, 1.82) is 0 Å². The average Bonchev–Trinajstić information content (AvgIpc) is 2.13. The molecule has 1 aliphatic rings. The molecule has 0 saturated heterocycles. The summed E-state index contributed by atoms with van der Waals surface area (Å²) in [5, 5.41) is 0. The van der Waals surface area contributed by atoms with E-state index in [2.05, 4.69) is 0 Å². The van der Waals surface area contributed by atoms with E-state index in [4.69, 9.17) is 10.5 Å². The van der Waals surface area contributed by atoms with Gasteiger partial charge in [0.25, 0.3) is 0 Å². The number of benzene rings is 1. The van der Waals surface area contributed by atoms with E-state index in [1.807, 2.05) is 0 Å². The zero-order chi connectivity index (χ0) is 11.5. The van der Waals surface area contributed by atoms with Crippen LogP contribution in [0.2, 0.25) is 0 Å². The van der Waals surface area contributed by atoms with Gasteiger partial charge in [0.05, 0.1) is 12.2 Å². The SMILES string of the molecule is Nc1cc(F)cc(C(=O)OCC2CCC2)c1. The Morgan fingerprint density at radius 1 is 1.44 bits per heavy atom. The zero-order valence-electron chi connectivity index (χ0n) is 8.91. The molecule has 1 saturated carbocycles. The first kappa shape index (κ1) is 10.9. The van der Waals surface area contributed by atoms with E-state index in [1.54, 1.807) is 0 Å². The third kappa shape index (κ3) is 2.51. The highest BCUT2D eigenvalue weighted by Gasteiger charge is 2.19. The van der Waals surface area contributed by atoms with Gasteiger partial charge in [-0.3, -0.25) is 0 Å². The van der Waals surface area contributed by atoms with Gasteiger partial charge in [0.2, 0.25) is 0 Å². The molecule has 3 nitrogen and oxygen atoms in total. The maximum absolute atomic E-state index is 13.0. The van der Waals surface area contributed by atoms with Crippen LogP contribution in [0.4, 0.5) is 10.1 Å². The van der Waals surface area contributed by atoms with Crippen molar-refractivity contribution in [3.05, 3.63) is 29.6 Å². The molecule has 4 heteroatoms. The molecule has 86 valence electrons. The number of ether oxygens (including phenoxy) is 1. The number of carbonyl (C=O) groups is 1. The lowest BCUT2D eigenvalue weighted by Crippen LogP contribution is -2.20. The Balaban J connectivity index is 1.96. The van der Waals surface area contributed by atoms with Gasteiger partial charge in [-0.15, -0.1) is 0 Å². The molecule has 1 aliphatic carbocycles. The van der Waals surface area contributed by atoms with Crippen LogP contribution < -0.4 is 5.73 Å². The van der Waals surface area contributed by atoms with E-state index < -0.39 is 11.8 Å². The summed E-state index contributed by atoms with van der Waals surface area (Å²) in [5.74, 6) is -0.538. The van der Waals surface area contributed by atoms with Gasteiger partial charge in [-0.25, -0.2) is 9.18 Å². The Bertz CT molecular complexity index is 382. The van der Waals surface area contributed by atoms with Crippen LogP contribution in [0.15, 0.2) is 18.2 Å². The first-order chi connectivity index (χ1) is 7.65. The van der Waals surface area contributed by atoms with Crippen molar-refractivity contribution in [2.24, 2.45) is 5.92 Å². The lowest BCUT2D eigenvalue weighted by atomic mass is 9.86. The van der Waals surface area contributed by atoms with Gasteiger partial charge >= 0.3 is 5.97 Å². The summed E-state index contributed by atoms with van der Waals surface area (Å²) in [6.07, 6.45) is 3.42. The van der Waals surface area contributed by atoms with Crippen molar-refractivity contribution in [3.8, 4) is 0 Å². The molecule has 0 radical (unpaired) electrons. The molecule has 0 atom stereocenters. The van der Waals surface area contributed by atoms with Crippen molar-refractivity contribution < 1.29 is 13.9 Å². The summed E-state index contributed by atoms with van der Waals surface area (Å²) < 4.78 is 18.1. The predicted octanol–water partition coefficient (Wildman–Crippen LogP) is 2.36. The molecule has 2 rings (SSSR count). The summed E-state index contributed by atoms with van der Waals surface area (Å²) in [6, 6.07) is 3.73. The second-order valence-corrected chi connectivity index (χ2v) is 4.17. The maximum Gasteiger partial charge on any atom is 0.338 e. The Morgan fingerprint density at radius 3 is 2.75 bits per heavy atom. The Kier molecular flexibility index (Phi) is 3.08. The largest absolute Gasteiger partial charge is 0.462 e. The number of anilines is 1. The van der Waals surface area contributed by atoms with Crippen LogP contribution in [0.1, 0.15) is 29.6 Å². The van der Waals surface area contributed by atoms with Crippen molar-refractivity contribution in [2.45, 2.75) is 19.3 Å². The minimum Gasteiger partial charge on any atom is -0.462 e. The van der Waals surface area contributed by atoms with Gasteiger partial charge in [-0.05, 0) is 37.0 Å². The van der Waals surface area contributed by atoms with Gasteiger partial charge < -0.3 is 10.5 Å². The highest BCUT2D eigenvalue weighted by molar-refractivity contribution is 5.90. The summed E-state index contributed by atoms with van der Waals surface area (Å²) in [5.41, 5.74) is 5.85. The standard InChI is InChI=1S/C12H14FNO2/c13-10-4-9(5-11(14)6-10)12(15)16-7-8-2-1-3-8/h4-6,8H,1-3,7,14H2. The summed E-state index contributed by atoms with van der Waals surface area (Å²) in [6.45, 7) is 0.426. The van der Waals surface area contributed by atoms with Gasteiger partial charge in [0.15, 0.2) is 0 Å². The number of rotatable bonds is 3. The summed E-state index contributed by atoms with van der Waals surface area (Å²) in [4.78, 5) is 11.5. The van der Waals surface area contributed by atoms with Crippen molar-refractivity contribution in [3.63, 3.8) is 0 Å². The minimum atomic E-state index is -0.518. The smallest absolute Gasteiger partial charge is 0.338 e. The number of carbonyl (C=O) groups excluding carboxylic acids is 1. The highest BCUT2D eigenvalue weighted by atomic mass is 19.1. The van der Waals surface area contributed by atoms with E-state index in [0.29, 0.717) is 12.5 Å². The number of esters is 1. The molecule has 0 aromatic heterocycles. The minimum absolute atomic E-state index is 0.178. The molecular formula is C12H14FNO2. The average molecular weight is 223 g/mol. The molecule has 0 aliphatic heterocycles. The second kappa shape index (κ2) is 4.51. The van der Waals surface area contributed by atoms with E-state index in [1.165, 1.54) is 18.6 Å². The fourth-order valence-corrected chi connectivity index (χ4v) is 1.67. The molecule has 2 N–H and O–H groups in total. The molecule has 0 unspecified atom stereocenters. The summed E-state index contributed by atoms with van der Waals surface area (Å²) >= 11 is 0. The molecule has 0 heterocycles. The van der Waals surface area contributed by atoms with E-state index in [0.717, 1.165) is 18.9 Å². The molecular weight excluding hydrogens is 209 g/mol. The van der Waals surface area contributed by atoms with Gasteiger partial charge in [-0.2, -0.15) is 0 Å². The molecule has 1 aromatic carbocycles. The number of nitrogens with two attached hydrogens (primary N) is 1. The Morgan fingerprint density at radius 2 is 2.19 bits per heavy atom. The predicted molar refractivity (Wildman–Crippen MR) is 58.4 cm³/mol. The van der Waals surface area contributed by atoms with Crippen molar-refractivity contribution in [2.75, 3.05) is 12.3 Å². The highest BCUT2D eigenvalue weighted by Crippen LogP contribution is 2.26. The number of hydrogen-bond donors (Lipinski definition) is 1. The molecule has 1 aromatic rings. The number of nitrogen functional groups attached to an aromatic ring is 1. The topological polar surface area (TPSA) is 52.3 Å². The molecule has 1 fully saturated rings. The van der Waals surface area contributed by atoms with Crippen LogP contribution in [-0.2, 0) is 4.74 Å². The van der Waals surface area contributed by atoms with Crippen LogP contribution in [-0.4, -0.2) is 12.6 Å². The zero-order valence-corrected chi connectivity index (χ0v) is 8.91. The van der Waals surface area contributed by atoms with Crippen LogP contribution in [0.3, 0.4) is 0 Å². The molecule has 16 heavy (non-hydrogen) atoms. The van der Waals surface area contributed by atoms with E-state index in [9.17, 15) is 9.18 Å².